The zero-order chi connectivity index (χ0) is 14.4. The molecule has 0 spiro atoms. The van der Waals surface area contributed by atoms with Crippen LogP contribution in [0.2, 0.25) is 0 Å². The van der Waals surface area contributed by atoms with Crippen LogP contribution in [0.15, 0.2) is 24.4 Å². The van der Waals surface area contributed by atoms with Gasteiger partial charge in [-0.3, -0.25) is 15.6 Å². The van der Waals surface area contributed by atoms with Gasteiger partial charge in [0.25, 0.3) is 0 Å². The Morgan fingerprint density at radius 1 is 1.30 bits per heavy atom. The minimum atomic E-state index is -0.840. The molecule has 0 radical (unpaired) electrons. The molecule has 0 saturated heterocycles. The number of hydrazine groups is 1. The quantitative estimate of drug-likeness (QED) is 0.717. The molecule has 2 amide bonds. The minimum Gasteiger partial charge on any atom is -0.446 e. The first-order valence-electron chi connectivity index (χ1n) is 6.60. The Balaban J connectivity index is 1.90. The van der Waals surface area contributed by atoms with Gasteiger partial charge < -0.3 is 10.5 Å². The standard InChI is InChI=1S/C13H18N4O3/c14-13(19)20-10-6-2-1-5-9(10)12(18)17-16-11-7-3-4-8-15-11/h3-4,7-10H,1-2,5-6H2,(H2,14,19)(H,15,16)(H,17,18)/t9-,10-/m1/s1. The van der Waals surface area contributed by atoms with Crippen molar-refractivity contribution in [2.24, 2.45) is 11.7 Å². The van der Waals surface area contributed by atoms with E-state index < -0.39 is 12.2 Å². The molecule has 0 aliphatic heterocycles. The highest BCUT2D eigenvalue weighted by Gasteiger charge is 2.33. The summed E-state index contributed by atoms with van der Waals surface area (Å²) in [5.74, 6) is -0.0573. The maximum atomic E-state index is 12.1. The Hall–Kier alpha value is -2.31. The lowest BCUT2D eigenvalue weighted by molar-refractivity contribution is -0.129. The van der Waals surface area contributed by atoms with Gasteiger partial charge in [-0.2, -0.15) is 0 Å². The molecule has 1 fully saturated rings. The van der Waals surface area contributed by atoms with Gasteiger partial charge in [-0.1, -0.05) is 12.5 Å². The Labute approximate surface area is 116 Å². The van der Waals surface area contributed by atoms with Crippen molar-refractivity contribution in [3.05, 3.63) is 24.4 Å². The molecule has 1 aliphatic rings. The molecular formula is C13H18N4O3. The third-order valence-electron chi connectivity index (χ3n) is 3.29. The third kappa shape index (κ3) is 3.84. The zero-order valence-corrected chi connectivity index (χ0v) is 11.0. The maximum Gasteiger partial charge on any atom is 0.404 e. The molecule has 1 aliphatic carbocycles. The monoisotopic (exact) mass is 278 g/mol. The lowest BCUT2D eigenvalue weighted by atomic mass is 9.86. The number of hydrogen-bond donors (Lipinski definition) is 3. The largest absolute Gasteiger partial charge is 0.446 e. The van der Waals surface area contributed by atoms with Crippen LogP contribution in [-0.2, 0) is 9.53 Å². The molecule has 0 unspecified atom stereocenters. The summed E-state index contributed by atoms with van der Waals surface area (Å²) in [4.78, 5) is 27.0. The molecule has 4 N–H and O–H groups in total. The molecule has 7 nitrogen and oxygen atoms in total. The minimum absolute atomic E-state index is 0.221. The predicted octanol–water partition coefficient (Wildman–Crippen LogP) is 1.18. The zero-order valence-electron chi connectivity index (χ0n) is 11.0. The normalized spacial score (nSPS) is 21.8. The van der Waals surface area contributed by atoms with E-state index in [0.717, 1.165) is 12.8 Å². The van der Waals surface area contributed by atoms with Crippen LogP contribution in [0.3, 0.4) is 0 Å². The fraction of sp³-hybridized carbons (Fsp3) is 0.462. The number of nitrogens with zero attached hydrogens (tertiary/aromatic N) is 1. The van der Waals surface area contributed by atoms with Gasteiger partial charge in [-0.05, 0) is 31.4 Å². The van der Waals surface area contributed by atoms with E-state index in [0.29, 0.717) is 18.7 Å². The Morgan fingerprint density at radius 2 is 2.10 bits per heavy atom. The maximum absolute atomic E-state index is 12.1. The van der Waals surface area contributed by atoms with E-state index in [9.17, 15) is 9.59 Å². The molecule has 0 bridgehead atoms. The molecule has 20 heavy (non-hydrogen) atoms. The van der Waals surface area contributed by atoms with Crippen molar-refractivity contribution < 1.29 is 14.3 Å². The SMILES string of the molecule is NC(=O)O[C@@H]1CCCC[C@H]1C(=O)NNc1ccccn1. The second kappa shape index (κ2) is 6.74. The lowest BCUT2D eigenvalue weighted by Gasteiger charge is -2.29. The summed E-state index contributed by atoms with van der Waals surface area (Å²) in [6, 6.07) is 5.32. The number of rotatable bonds is 4. The first kappa shape index (κ1) is 14.1. The lowest BCUT2D eigenvalue weighted by Crippen LogP contribution is -2.44. The molecule has 0 aromatic carbocycles. The van der Waals surface area contributed by atoms with Crippen LogP contribution in [0, 0.1) is 5.92 Å². The number of ether oxygens (including phenoxy) is 1. The number of anilines is 1. The topological polar surface area (TPSA) is 106 Å². The van der Waals surface area contributed by atoms with Crippen molar-refractivity contribution in [3.8, 4) is 0 Å². The highest BCUT2D eigenvalue weighted by molar-refractivity contribution is 5.80. The number of nitrogens with two attached hydrogens (primary N) is 1. The van der Waals surface area contributed by atoms with E-state index in [1.54, 1.807) is 24.4 Å². The number of primary amides is 1. The molecule has 7 heteroatoms. The Morgan fingerprint density at radius 3 is 2.80 bits per heavy atom. The fourth-order valence-electron chi connectivity index (χ4n) is 2.34. The van der Waals surface area contributed by atoms with Crippen molar-refractivity contribution in [1.82, 2.24) is 10.4 Å². The average Bonchev–Trinajstić information content (AvgIpc) is 2.46. The number of hydrogen-bond acceptors (Lipinski definition) is 5. The Bertz CT molecular complexity index is 466. The third-order valence-corrected chi connectivity index (χ3v) is 3.29. The number of amides is 2. The number of aromatic nitrogens is 1. The highest BCUT2D eigenvalue weighted by atomic mass is 16.6. The predicted molar refractivity (Wildman–Crippen MR) is 72.4 cm³/mol. The van der Waals surface area contributed by atoms with E-state index >= 15 is 0 Å². The highest BCUT2D eigenvalue weighted by Crippen LogP contribution is 2.27. The summed E-state index contributed by atoms with van der Waals surface area (Å²) in [6.07, 6.45) is 3.52. The van der Waals surface area contributed by atoms with Crippen LogP contribution in [0.5, 0.6) is 0 Å². The van der Waals surface area contributed by atoms with Crippen LogP contribution >= 0.6 is 0 Å². The first-order valence-corrected chi connectivity index (χ1v) is 6.60. The van der Waals surface area contributed by atoms with Crippen LogP contribution in [0.25, 0.3) is 0 Å². The molecular weight excluding hydrogens is 260 g/mol. The Kier molecular flexibility index (Phi) is 4.75. The van der Waals surface area contributed by atoms with Gasteiger partial charge in [-0.25, -0.2) is 9.78 Å². The molecule has 1 heterocycles. The van der Waals surface area contributed by atoms with Crippen molar-refractivity contribution in [2.45, 2.75) is 31.8 Å². The molecule has 108 valence electrons. The van der Waals surface area contributed by atoms with Gasteiger partial charge in [0, 0.05) is 6.20 Å². The van der Waals surface area contributed by atoms with Gasteiger partial charge in [0.05, 0.1) is 5.92 Å². The van der Waals surface area contributed by atoms with Crippen LogP contribution in [-0.4, -0.2) is 23.1 Å². The second-order valence-electron chi connectivity index (χ2n) is 4.70. The van der Waals surface area contributed by atoms with E-state index in [1.165, 1.54) is 0 Å². The van der Waals surface area contributed by atoms with Crippen molar-refractivity contribution >= 4 is 17.8 Å². The average molecular weight is 278 g/mol. The van der Waals surface area contributed by atoms with Gasteiger partial charge in [0.15, 0.2) is 0 Å². The molecule has 1 aromatic rings. The van der Waals surface area contributed by atoms with Crippen LogP contribution in [0.4, 0.5) is 10.6 Å². The number of carbonyl (C=O) groups excluding carboxylic acids is 2. The molecule has 2 rings (SSSR count). The van der Waals surface area contributed by atoms with Crippen molar-refractivity contribution in [1.29, 1.82) is 0 Å². The van der Waals surface area contributed by atoms with Crippen molar-refractivity contribution in [2.75, 3.05) is 5.43 Å². The van der Waals surface area contributed by atoms with Crippen LogP contribution in [0.1, 0.15) is 25.7 Å². The smallest absolute Gasteiger partial charge is 0.404 e. The van der Waals surface area contributed by atoms with Gasteiger partial charge in [-0.15, -0.1) is 0 Å². The molecule has 2 atom stereocenters. The van der Waals surface area contributed by atoms with E-state index in [4.69, 9.17) is 10.5 Å². The van der Waals surface area contributed by atoms with E-state index in [2.05, 4.69) is 15.8 Å². The summed E-state index contributed by atoms with van der Waals surface area (Å²) >= 11 is 0. The fourth-order valence-corrected chi connectivity index (χ4v) is 2.34. The van der Waals surface area contributed by atoms with Gasteiger partial charge >= 0.3 is 6.09 Å². The summed E-state index contributed by atoms with van der Waals surface area (Å²) in [5.41, 5.74) is 10.4. The van der Waals surface area contributed by atoms with Gasteiger partial charge in [0.2, 0.25) is 5.91 Å². The molecule has 1 aromatic heterocycles. The summed E-state index contributed by atoms with van der Waals surface area (Å²) in [6.45, 7) is 0. The number of carbonyl (C=O) groups is 2. The number of nitrogens with one attached hydrogen (secondary N) is 2. The number of pyridine rings is 1. The summed E-state index contributed by atoms with van der Waals surface area (Å²) in [5, 5.41) is 0. The van der Waals surface area contributed by atoms with E-state index in [1.807, 2.05) is 0 Å². The summed E-state index contributed by atoms with van der Waals surface area (Å²) < 4.78 is 5.01. The molecule has 1 saturated carbocycles. The van der Waals surface area contributed by atoms with Crippen molar-refractivity contribution in [3.63, 3.8) is 0 Å². The first-order chi connectivity index (χ1) is 9.66. The van der Waals surface area contributed by atoms with Gasteiger partial charge in [0.1, 0.15) is 11.9 Å². The summed E-state index contributed by atoms with van der Waals surface area (Å²) in [7, 11) is 0. The second-order valence-corrected chi connectivity index (χ2v) is 4.70. The van der Waals surface area contributed by atoms with E-state index in [-0.39, 0.29) is 11.8 Å². The van der Waals surface area contributed by atoms with Crippen LogP contribution < -0.4 is 16.6 Å².